The molecule has 0 bridgehead atoms. The van der Waals surface area contributed by atoms with Crippen molar-refractivity contribution in [2.75, 3.05) is 6.54 Å². The maximum Gasteiger partial charge on any atom is 0.315 e. The van der Waals surface area contributed by atoms with Crippen LogP contribution in [0.25, 0.3) is 0 Å². The lowest BCUT2D eigenvalue weighted by Gasteiger charge is -2.12. The predicted octanol–water partition coefficient (Wildman–Crippen LogP) is 1.50. The molecule has 1 unspecified atom stereocenters. The van der Waals surface area contributed by atoms with Gasteiger partial charge in [-0.2, -0.15) is 0 Å². The summed E-state index contributed by atoms with van der Waals surface area (Å²) in [4.78, 5) is 15.8. The van der Waals surface area contributed by atoms with Gasteiger partial charge in [-0.05, 0) is 18.8 Å². The predicted molar refractivity (Wildman–Crippen MR) is 78.2 cm³/mol. The number of rotatable bonds is 8. The molecule has 0 aliphatic heterocycles. The van der Waals surface area contributed by atoms with E-state index in [9.17, 15) is 9.90 Å². The van der Waals surface area contributed by atoms with Crippen molar-refractivity contribution in [1.29, 1.82) is 0 Å². The first-order valence-electron chi connectivity index (χ1n) is 7.22. The molecule has 1 aromatic heterocycles. The summed E-state index contributed by atoms with van der Waals surface area (Å²) in [5.74, 6) is 1.38. The molecule has 114 valence electrons. The Labute approximate surface area is 120 Å². The maximum atomic E-state index is 11.6. The lowest BCUT2D eigenvalue weighted by Crippen LogP contribution is -2.37. The monoisotopic (exact) mass is 282 g/mol. The molecular weight excluding hydrogens is 256 g/mol. The van der Waals surface area contributed by atoms with Gasteiger partial charge in [-0.25, -0.2) is 9.78 Å². The lowest BCUT2D eigenvalue weighted by molar-refractivity contribution is 0.160. The van der Waals surface area contributed by atoms with Crippen LogP contribution in [0.4, 0.5) is 4.79 Å². The van der Waals surface area contributed by atoms with Crippen LogP contribution >= 0.6 is 0 Å². The van der Waals surface area contributed by atoms with Crippen molar-refractivity contribution in [3.05, 3.63) is 18.2 Å². The second kappa shape index (κ2) is 8.58. The number of carbonyl (C=O) groups excluding carboxylic acids is 1. The molecule has 0 spiro atoms. The van der Waals surface area contributed by atoms with Crippen molar-refractivity contribution in [3.8, 4) is 0 Å². The van der Waals surface area contributed by atoms with Gasteiger partial charge in [0.15, 0.2) is 0 Å². The fourth-order valence-electron chi connectivity index (χ4n) is 1.85. The molecule has 2 amide bonds. The first kappa shape index (κ1) is 16.5. The number of nitrogens with one attached hydrogen (secondary N) is 2. The SMILES string of the molecule is CCC(O)CCNC(=O)NCc1nccn1CC(C)C. The summed E-state index contributed by atoms with van der Waals surface area (Å²) in [6.07, 6.45) is 4.60. The Morgan fingerprint density at radius 3 is 2.85 bits per heavy atom. The number of amides is 2. The van der Waals surface area contributed by atoms with Gasteiger partial charge in [-0.3, -0.25) is 0 Å². The second-order valence-corrected chi connectivity index (χ2v) is 5.35. The van der Waals surface area contributed by atoms with Gasteiger partial charge >= 0.3 is 6.03 Å². The van der Waals surface area contributed by atoms with E-state index < -0.39 is 0 Å². The van der Waals surface area contributed by atoms with Crippen LogP contribution in [-0.4, -0.2) is 33.3 Å². The zero-order valence-corrected chi connectivity index (χ0v) is 12.6. The van der Waals surface area contributed by atoms with Gasteiger partial charge in [0.25, 0.3) is 0 Å². The summed E-state index contributed by atoms with van der Waals surface area (Å²) in [6.45, 7) is 7.97. The first-order chi connectivity index (χ1) is 9.52. The Bertz CT molecular complexity index is 404. The largest absolute Gasteiger partial charge is 0.393 e. The molecule has 20 heavy (non-hydrogen) atoms. The highest BCUT2D eigenvalue weighted by atomic mass is 16.3. The highest BCUT2D eigenvalue weighted by molar-refractivity contribution is 5.73. The van der Waals surface area contributed by atoms with Gasteiger partial charge in [0.2, 0.25) is 0 Å². The van der Waals surface area contributed by atoms with Crippen molar-refractivity contribution >= 4 is 6.03 Å². The van der Waals surface area contributed by atoms with Crippen LogP contribution in [0.3, 0.4) is 0 Å². The number of imidazole rings is 1. The van der Waals surface area contributed by atoms with E-state index in [1.807, 2.05) is 17.7 Å². The third-order valence-corrected chi connectivity index (χ3v) is 3.00. The highest BCUT2D eigenvalue weighted by Crippen LogP contribution is 2.03. The smallest absolute Gasteiger partial charge is 0.315 e. The number of urea groups is 1. The number of carbonyl (C=O) groups is 1. The van der Waals surface area contributed by atoms with Crippen LogP contribution < -0.4 is 10.6 Å². The molecule has 0 aromatic carbocycles. The van der Waals surface area contributed by atoms with E-state index in [-0.39, 0.29) is 12.1 Å². The topological polar surface area (TPSA) is 79.2 Å². The summed E-state index contributed by atoms with van der Waals surface area (Å²) in [6, 6.07) is -0.229. The molecule has 1 heterocycles. The Balaban J connectivity index is 2.29. The van der Waals surface area contributed by atoms with E-state index in [4.69, 9.17) is 0 Å². The summed E-state index contributed by atoms with van der Waals surface area (Å²) < 4.78 is 2.05. The van der Waals surface area contributed by atoms with Crippen LogP contribution in [0.5, 0.6) is 0 Å². The van der Waals surface area contributed by atoms with Crippen molar-refractivity contribution in [2.24, 2.45) is 5.92 Å². The molecule has 1 rings (SSSR count). The Morgan fingerprint density at radius 2 is 2.20 bits per heavy atom. The third-order valence-electron chi connectivity index (χ3n) is 3.00. The standard InChI is InChI=1S/C14H26N4O2/c1-4-12(19)5-6-16-14(20)17-9-13-15-7-8-18(13)10-11(2)3/h7-8,11-12,19H,4-6,9-10H2,1-3H3,(H2,16,17,20). The number of aromatic nitrogens is 2. The average Bonchev–Trinajstić information content (AvgIpc) is 2.82. The van der Waals surface area contributed by atoms with E-state index in [0.717, 1.165) is 12.4 Å². The summed E-state index contributed by atoms with van der Waals surface area (Å²) in [5.41, 5.74) is 0. The molecule has 0 aliphatic carbocycles. The normalized spacial score (nSPS) is 12.4. The molecule has 6 heteroatoms. The van der Waals surface area contributed by atoms with Gasteiger partial charge in [0.05, 0.1) is 12.6 Å². The van der Waals surface area contributed by atoms with E-state index >= 15 is 0 Å². The number of aliphatic hydroxyl groups excluding tert-OH is 1. The number of hydrogen-bond acceptors (Lipinski definition) is 3. The van der Waals surface area contributed by atoms with Gasteiger partial charge in [-0.1, -0.05) is 20.8 Å². The van der Waals surface area contributed by atoms with Crippen LogP contribution in [0.15, 0.2) is 12.4 Å². The molecule has 0 saturated carbocycles. The number of aliphatic hydroxyl groups is 1. The quantitative estimate of drug-likeness (QED) is 0.676. The minimum absolute atomic E-state index is 0.229. The molecule has 3 N–H and O–H groups in total. The Kier molecular flexibility index (Phi) is 7.08. The maximum absolute atomic E-state index is 11.6. The summed E-state index contributed by atoms with van der Waals surface area (Å²) in [5, 5.41) is 14.9. The van der Waals surface area contributed by atoms with Crippen LogP contribution in [0.1, 0.15) is 39.4 Å². The number of hydrogen-bond donors (Lipinski definition) is 3. The van der Waals surface area contributed by atoms with Gasteiger partial charge in [0, 0.05) is 25.5 Å². The third kappa shape index (κ3) is 6.06. The fourth-order valence-corrected chi connectivity index (χ4v) is 1.85. The van der Waals surface area contributed by atoms with Gasteiger partial charge < -0.3 is 20.3 Å². The van der Waals surface area contributed by atoms with Crippen LogP contribution in [-0.2, 0) is 13.1 Å². The molecule has 0 radical (unpaired) electrons. The molecular formula is C14H26N4O2. The van der Waals surface area contributed by atoms with E-state index in [1.54, 1.807) is 6.20 Å². The summed E-state index contributed by atoms with van der Waals surface area (Å²) in [7, 11) is 0. The lowest BCUT2D eigenvalue weighted by atomic mass is 10.2. The Morgan fingerprint density at radius 1 is 1.45 bits per heavy atom. The minimum Gasteiger partial charge on any atom is -0.393 e. The van der Waals surface area contributed by atoms with Gasteiger partial charge in [0.1, 0.15) is 5.82 Å². The van der Waals surface area contributed by atoms with E-state index in [2.05, 4.69) is 29.5 Å². The highest BCUT2D eigenvalue weighted by Gasteiger charge is 2.07. The van der Waals surface area contributed by atoms with Crippen LogP contribution in [0, 0.1) is 5.92 Å². The fraction of sp³-hybridized carbons (Fsp3) is 0.714. The van der Waals surface area contributed by atoms with E-state index in [0.29, 0.717) is 31.8 Å². The molecule has 1 aromatic rings. The van der Waals surface area contributed by atoms with Crippen molar-refractivity contribution < 1.29 is 9.90 Å². The zero-order chi connectivity index (χ0) is 15.0. The zero-order valence-electron chi connectivity index (χ0n) is 12.6. The molecule has 6 nitrogen and oxygen atoms in total. The van der Waals surface area contributed by atoms with Crippen molar-refractivity contribution in [3.63, 3.8) is 0 Å². The van der Waals surface area contributed by atoms with Crippen molar-refractivity contribution in [2.45, 2.75) is 52.8 Å². The molecule has 0 aliphatic rings. The average molecular weight is 282 g/mol. The Hall–Kier alpha value is -1.56. The number of nitrogens with zero attached hydrogens (tertiary/aromatic N) is 2. The van der Waals surface area contributed by atoms with Crippen molar-refractivity contribution in [1.82, 2.24) is 20.2 Å². The van der Waals surface area contributed by atoms with Gasteiger partial charge in [-0.15, -0.1) is 0 Å². The molecule has 0 fully saturated rings. The second-order valence-electron chi connectivity index (χ2n) is 5.35. The van der Waals surface area contributed by atoms with Crippen LogP contribution in [0.2, 0.25) is 0 Å². The van der Waals surface area contributed by atoms with E-state index in [1.165, 1.54) is 0 Å². The molecule has 0 saturated heterocycles. The molecule has 1 atom stereocenters. The summed E-state index contributed by atoms with van der Waals surface area (Å²) >= 11 is 0. The first-order valence-corrected chi connectivity index (χ1v) is 7.22. The minimum atomic E-state index is -0.347.